The van der Waals surface area contributed by atoms with Gasteiger partial charge in [0.2, 0.25) is 5.91 Å². The molecule has 2 fully saturated rings. The van der Waals surface area contributed by atoms with Crippen LogP contribution in [0.15, 0.2) is 42.5 Å². The number of carbonyl (C=O) groups excluding carboxylic acids is 1. The van der Waals surface area contributed by atoms with Gasteiger partial charge in [0.05, 0.1) is 5.92 Å². The molecule has 1 unspecified atom stereocenters. The second kappa shape index (κ2) is 10.9. The highest BCUT2D eigenvalue weighted by Gasteiger charge is 2.33. The van der Waals surface area contributed by atoms with Crippen LogP contribution in [0.4, 0.5) is 0 Å². The molecule has 1 aromatic rings. The van der Waals surface area contributed by atoms with Crippen molar-refractivity contribution >= 4 is 5.91 Å². The van der Waals surface area contributed by atoms with Crippen molar-refractivity contribution in [3.05, 3.63) is 48.0 Å². The molecule has 1 atom stereocenters. The van der Waals surface area contributed by atoms with E-state index >= 15 is 0 Å². The van der Waals surface area contributed by atoms with Gasteiger partial charge < -0.3 is 9.80 Å². The Labute approximate surface area is 177 Å². The minimum absolute atomic E-state index is 0.166. The summed E-state index contributed by atoms with van der Waals surface area (Å²) in [5.41, 5.74) is 2.50. The lowest BCUT2D eigenvalue weighted by Crippen LogP contribution is -2.51. The quantitative estimate of drug-likeness (QED) is 0.624. The van der Waals surface area contributed by atoms with E-state index in [2.05, 4.69) is 53.6 Å². The van der Waals surface area contributed by atoms with E-state index in [9.17, 15) is 4.79 Å². The van der Waals surface area contributed by atoms with E-state index < -0.39 is 0 Å². The van der Waals surface area contributed by atoms with Crippen LogP contribution in [0.1, 0.15) is 45.1 Å². The Balaban J connectivity index is 1.45. The van der Waals surface area contributed by atoms with Crippen LogP contribution in [-0.2, 0) is 11.2 Å². The Hall–Kier alpha value is -1.65. The molecule has 160 valence electrons. The number of hydrogen-bond acceptors (Lipinski definition) is 3. The summed E-state index contributed by atoms with van der Waals surface area (Å²) in [7, 11) is 0. The predicted molar refractivity (Wildman–Crippen MR) is 121 cm³/mol. The van der Waals surface area contributed by atoms with Gasteiger partial charge in [-0.25, -0.2) is 0 Å². The van der Waals surface area contributed by atoms with E-state index in [1.54, 1.807) is 0 Å². The van der Waals surface area contributed by atoms with Gasteiger partial charge in [-0.1, -0.05) is 42.5 Å². The first kappa shape index (κ1) is 22.0. The average molecular weight is 398 g/mol. The fraction of sp³-hybridized carbons (Fsp3) is 0.640. The third-order valence-electron chi connectivity index (χ3n) is 6.59. The molecule has 4 heteroatoms. The van der Waals surface area contributed by atoms with Crippen molar-refractivity contribution in [2.75, 3.05) is 45.8 Å². The summed E-state index contributed by atoms with van der Waals surface area (Å²) in [6.45, 7) is 15.2. The molecular weight excluding hydrogens is 358 g/mol. The molecule has 0 N–H and O–H groups in total. The largest absolute Gasteiger partial charge is 0.339 e. The van der Waals surface area contributed by atoms with Gasteiger partial charge in [-0.15, -0.1) is 0 Å². The van der Waals surface area contributed by atoms with E-state index in [0.717, 1.165) is 51.0 Å². The molecule has 3 rings (SSSR count). The summed E-state index contributed by atoms with van der Waals surface area (Å²) in [6, 6.07) is 11.5. The van der Waals surface area contributed by atoms with Gasteiger partial charge in [-0.3, -0.25) is 9.69 Å². The van der Waals surface area contributed by atoms with Crippen molar-refractivity contribution < 1.29 is 4.79 Å². The molecule has 2 aliphatic rings. The number of nitrogens with zero attached hydrogens (tertiary/aromatic N) is 3. The summed E-state index contributed by atoms with van der Waals surface area (Å²) >= 11 is 0. The molecule has 0 radical (unpaired) electrons. The maximum atomic E-state index is 13.0. The van der Waals surface area contributed by atoms with Gasteiger partial charge in [0.15, 0.2) is 0 Å². The van der Waals surface area contributed by atoms with E-state index in [0.29, 0.717) is 18.5 Å². The highest BCUT2D eigenvalue weighted by Crippen LogP contribution is 2.25. The first-order chi connectivity index (χ1) is 14.1. The van der Waals surface area contributed by atoms with E-state index in [4.69, 9.17) is 0 Å². The van der Waals surface area contributed by atoms with Gasteiger partial charge in [0, 0.05) is 32.2 Å². The second-order valence-corrected chi connectivity index (χ2v) is 8.95. The van der Waals surface area contributed by atoms with Crippen molar-refractivity contribution in [2.24, 2.45) is 5.92 Å². The molecule has 29 heavy (non-hydrogen) atoms. The van der Waals surface area contributed by atoms with Crippen molar-refractivity contribution in [2.45, 2.75) is 52.0 Å². The number of carbonyl (C=O) groups is 1. The van der Waals surface area contributed by atoms with Crippen LogP contribution < -0.4 is 0 Å². The number of likely N-dealkylation sites (tertiary alicyclic amines) is 2. The minimum atomic E-state index is 0.166. The second-order valence-electron chi connectivity index (χ2n) is 8.95. The fourth-order valence-electron chi connectivity index (χ4n) is 4.91. The molecular formula is C25H39N3O. The van der Waals surface area contributed by atoms with Crippen molar-refractivity contribution in [3.63, 3.8) is 0 Å². The van der Waals surface area contributed by atoms with E-state index in [1.807, 2.05) is 11.8 Å². The molecule has 1 amide bonds. The lowest BCUT2D eigenvalue weighted by molar-refractivity contribution is -0.137. The first-order valence-electron chi connectivity index (χ1n) is 11.5. The smallest absolute Gasteiger partial charge is 0.227 e. The molecule has 0 spiro atoms. The lowest BCUT2D eigenvalue weighted by Gasteiger charge is -2.42. The summed E-state index contributed by atoms with van der Waals surface area (Å²) < 4.78 is 0. The van der Waals surface area contributed by atoms with Crippen molar-refractivity contribution in [1.82, 2.24) is 14.7 Å². The maximum absolute atomic E-state index is 13.0. The molecule has 0 aliphatic carbocycles. The standard InChI is InChI=1S/C25H39N3O/c1-4-27(19-21(2)3)25(29)23-11-8-15-28(20-23)24-13-17-26(18-14-24)16-12-22-9-6-5-7-10-22/h5-7,9-10,23-24H,2,4,8,11-20H2,1,3H3. The van der Waals surface area contributed by atoms with Gasteiger partial charge in [-0.05, 0) is 71.1 Å². The molecule has 2 heterocycles. The number of rotatable bonds is 8. The zero-order chi connectivity index (χ0) is 20.6. The highest BCUT2D eigenvalue weighted by atomic mass is 16.2. The number of amides is 1. The van der Waals surface area contributed by atoms with Gasteiger partial charge >= 0.3 is 0 Å². The van der Waals surface area contributed by atoms with Crippen LogP contribution in [0.25, 0.3) is 0 Å². The van der Waals surface area contributed by atoms with E-state index in [1.165, 1.54) is 31.5 Å². The normalized spacial score (nSPS) is 21.8. The average Bonchev–Trinajstić information content (AvgIpc) is 2.76. The van der Waals surface area contributed by atoms with Gasteiger partial charge in [0.1, 0.15) is 0 Å². The van der Waals surface area contributed by atoms with Crippen LogP contribution in [-0.4, -0.2) is 72.5 Å². The molecule has 0 saturated carbocycles. The molecule has 1 aromatic carbocycles. The summed E-state index contributed by atoms with van der Waals surface area (Å²) in [5.74, 6) is 0.500. The number of likely N-dealkylation sites (N-methyl/N-ethyl adjacent to an activating group) is 1. The monoisotopic (exact) mass is 397 g/mol. The van der Waals surface area contributed by atoms with Gasteiger partial charge in [0.25, 0.3) is 0 Å². The Morgan fingerprint density at radius 3 is 2.52 bits per heavy atom. The predicted octanol–water partition coefficient (Wildman–Crippen LogP) is 3.83. The Morgan fingerprint density at radius 1 is 1.14 bits per heavy atom. The molecule has 0 bridgehead atoms. The number of piperidine rings is 2. The van der Waals surface area contributed by atoms with E-state index in [-0.39, 0.29) is 5.92 Å². The molecule has 4 nitrogen and oxygen atoms in total. The Bertz CT molecular complexity index is 651. The lowest BCUT2D eigenvalue weighted by atomic mass is 9.92. The van der Waals surface area contributed by atoms with Crippen LogP contribution >= 0.6 is 0 Å². The Kier molecular flexibility index (Phi) is 8.31. The fourth-order valence-corrected chi connectivity index (χ4v) is 4.91. The minimum Gasteiger partial charge on any atom is -0.339 e. The summed E-state index contributed by atoms with van der Waals surface area (Å²) in [5, 5.41) is 0. The van der Waals surface area contributed by atoms with Crippen LogP contribution in [0.5, 0.6) is 0 Å². The summed E-state index contributed by atoms with van der Waals surface area (Å²) in [6.07, 6.45) is 5.80. The zero-order valence-electron chi connectivity index (χ0n) is 18.5. The van der Waals surface area contributed by atoms with Crippen LogP contribution in [0.3, 0.4) is 0 Å². The van der Waals surface area contributed by atoms with Crippen LogP contribution in [0.2, 0.25) is 0 Å². The topological polar surface area (TPSA) is 26.8 Å². The number of benzene rings is 1. The maximum Gasteiger partial charge on any atom is 0.227 e. The van der Waals surface area contributed by atoms with Crippen molar-refractivity contribution in [3.8, 4) is 0 Å². The summed E-state index contributed by atoms with van der Waals surface area (Å²) in [4.78, 5) is 20.2. The third kappa shape index (κ3) is 6.42. The molecule has 2 aliphatic heterocycles. The third-order valence-corrected chi connectivity index (χ3v) is 6.59. The SMILES string of the molecule is C=C(C)CN(CC)C(=O)C1CCCN(C2CCN(CCc3ccccc3)CC2)C1. The molecule has 2 saturated heterocycles. The van der Waals surface area contributed by atoms with Crippen molar-refractivity contribution in [1.29, 1.82) is 0 Å². The van der Waals surface area contributed by atoms with Crippen LogP contribution in [0, 0.1) is 5.92 Å². The Morgan fingerprint density at radius 2 is 1.86 bits per heavy atom. The van der Waals surface area contributed by atoms with Gasteiger partial charge in [-0.2, -0.15) is 0 Å². The number of hydrogen-bond donors (Lipinski definition) is 0. The highest BCUT2D eigenvalue weighted by molar-refractivity contribution is 5.79. The first-order valence-corrected chi connectivity index (χ1v) is 11.5. The zero-order valence-corrected chi connectivity index (χ0v) is 18.5. The molecule has 0 aromatic heterocycles.